The maximum Gasteiger partial charge on any atom is 0.233 e. The van der Waals surface area contributed by atoms with Crippen molar-refractivity contribution in [3.63, 3.8) is 0 Å². The molecular weight excluding hydrogens is 593 g/mol. The Morgan fingerprint density at radius 1 is 0.826 bits per heavy atom. The molecule has 6 N–H and O–H groups in total. The van der Waals surface area contributed by atoms with E-state index in [1.54, 1.807) is 41.3 Å². The molecule has 1 amide bonds. The average Bonchev–Trinajstić information content (AvgIpc) is 3.07. The Morgan fingerprint density at radius 3 is 2.26 bits per heavy atom. The number of carbonyl (C=O) groups is 1. The second-order valence-corrected chi connectivity index (χ2v) is 11.9. The van der Waals surface area contributed by atoms with Gasteiger partial charge in [-0.1, -0.05) is 60.7 Å². The molecule has 8 atom stereocenters. The minimum atomic E-state index is -1.49. The first kappa shape index (κ1) is 31.8. The van der Waals surface area contributed by atoms with Gasteiger partial charge in [0.2, 0.25) is 5.91 Å². The van der Waals surface area contributed by atoms with Crippen LogP contribution >= 0.6 is 0 Å². The van der Waals surface area contributed by atoms with Crippen LogP contribution in [0.25, 0.3) is 11.1 Å². The van der Waals surface area contributed by atoms with Crippen LogP contribution in [-0.4, -0.2) is 67.6 Å². The molecule has 0 unspecified atom stereocenters. The van der Waals surface area contributed by atoms with Gasteiger partial charge < -0.3 is 40.3 Å². The third-order valence-corrected chi connectivity index (χ3v) is 9.02. The fourth-order valence-corrected chi connectivity index (χ4v) is 6.42. The van der Waals surface area contributed by atoms with E-state index in [4.69, 9.17) is 4.74 Å². The Kier molecular flexibility index (Phi) is 9.19. The van der Waals surface area contributed by atoms with Gasteiger partial charge in [0, 0.05) is 11.3 Å². The van der Waals surface area contributed by atoms with Crippen molar-refractivity contribution in [2.75, 3.05) is 11.5 Å². The molecule has 0 aromatic heterocycles. The van der Waals surface area contributed by atoms with E-state index in [-0.39, 0.29) is 24.7 Å². The van der Waals surface area contributed by atoms with Crippen LogP contribution in [-0.2, 0) is 9.53 Å². The summed E-state index contributed by atoms with van der Waals surface area (Å²) in [7, 11) is 0. The van der Waals surface area contributed by atoms with Crippen molar-refractivity contribution < 1.29 is 44.6 Å². The number of rotatable bonds is 9. The number of para-hydroxylation sites is 1. The Hall–Kier alpha value is -4.16. The van der Waals surface area contributed by atoms with E-state index in [0.717, 1.165) is 0 Å². The Balaban J connectivity index is 1.24. The van der Waals surface area contributed by atoms with E-state index in [2.05, 4.69) is 0 Å². The van der Waals surface area contributed by atoms with E-state index in [9.17, 15) is 39.8 Å². The molecule has 0 aliphatic carbocycles. The first-order valence-corrected chi connectivity index (χ1v) is 15.2. The molecule has 10 heteroatoms. The molecule has 0 bridgehead atoms. The number of amides is 1. The lowest BCUT2D eigenvalue weighted by Gasteiger charge is -2.48. The molecule has 6 rings (SSSR count). The molecular formula is C36H36FNO8. The Labute approximate surface area is 265 Å². The second kappa shape index (κ2) is 13.3. The minimum Gasteiger partial charge on any atom is -0.508 e. The van der Waals surface area contributed by atoms with Gasteiger partial charge in [-0.2, -0.15) is 0 Å². The first-order valence-electron chi connectivity index (χ1n) is 15.2. The minimum absolute atomic E-state index is 0.0332. The quantitative estimate of drug-likeness (QED) is 0.153. The van der Waals surface area contributed by atoms with Gasteiger partial charge in [-0.15, -0.1) is 0 Å². The van der Waals surface area contributed by atoms with Gasteiger partial charge >= 0.3 is 0 Å². The van der Waals surface area contributed by atoms with E-state index in [0.29, 0.717) is 39.9 Å². The predicted molar refractivity (Wildman–Crippen MR) is 167 cm³/mol. The summed E-state index contributed by atoms with van der Waals surface area (Å²) in [5.74, 6) is -1.07. The van der Waals surface area contributed by atoms with Crippen LogP contribution in [0.4, 0.5) is 10.1 Å². The summed E-state index contributed by atoms with van der Waals surface area (Å²) in [5.41, 5.74) is 3.48. The highest BCUT2D eigenvalue weighted by molar-refractivity contribution is 6.03. The van der Waals surface area contributed by atoms with Crippen molar-refractivity contribution >= 4 is 11.6 Å². The molecule has 9 nitrogen and oxygen atoms in total. The highest BCUT2D eigenvalue weighted by atomic mass is 19.1. The van der Waals surface area contributed by atoms with Crippen molar-refractivity contribution in [2.24, 2.45) is 5.92 Å². The summed E-state index contributed by atoms with van der Waals surface area (Å²) in [5, 5.41) is 63.2. The molecule has 2 fully saturated rings. The number of ether oxygens (including phenoxy) is 1. The van der Waals surface area contributed by atoms with Gasteiger partial charge in [-0.25, -0.2) is 4.39 Å². The van der Waals surface area contributed by atoms with Crippen molar-refractivity contribution in [2.45, 2.75) is 55.5 Å². The van der Waals surface area contributed by atoms with Crippen LogP contribution in [0.1, 0.15) is 47.8 Å². The zero-order chi connectivity index (χ0) is 32.5. The molecule has 0 saturated carbocycles. The third-order valence-electron chi connectivity index (χ3n) is 9.02. The standard InChI is InChI=1S/C36H36FNO8/c37-24-12-9-20(10-13-24)28(39)16-15-27-31(38(36(27)45)25-7-2-1-3-8-25)26-14-11-22(18-29(26)40)21-5-4-6-23(17-21)32(42)35-34(44)33(43)30(41)19-46-35/h1-14,17-18,27-28,30-35,39-44H,15-16,19H2/t27-,28+,30+,31-,32-,33-,34+,35-/m1/s1. The van der Waals surface area contributed by atoms with Crippen molar-refractivity contribution in [1.29, 1.82) is 0 Å². The van der Waals surface area contributed by atoms with Gasteiger partial charge in [0.1, 0.15) is 42.1 Å². The van der Waals surface area contributed by atoms with Gasteiger partial charge in [0.25, 0.3) is 0 Å². The topological polar surface area (TPSA) is 151 Å². The zero-order valence-corrected chi connectivity index (χ0v) is 24.8. The number of hydrogen-bond donors (Lipinski definition) is 6. The van der Waals surface area contributed by atoms with Crippen molar-refractivity contribution in [1.82, 2.24) is 0 Å². The van der Waals surface area contributed by atoms with Gasteiger partial charge in [0.05, 0.1) is 24.7 Å². The number of carbonyl (C=O) groups excluding carboxylic acids is 1. The number of aliphatic hydroxyl groups excluding tert-OH is 5. The number of nitrogens with zero attached hydrogens (tertiary/aromatic N) is 1. The number of phenolic OH excluding ortho intramolecular Hbond substituents is 1. The maximum absolute atomic E-state index is 13.5. The molecule has 0 spiro atoms. The summed E-state index contributed by atoms with van der Waals surface area (Å²) in [4.78, 5) is 15.1. The molecule has 4 aromatic rings. The first-order chi connectivity index (χ1) is 22.1. The SMILES string of the molecule is O=C1[C@H](CC[C@H](O)c2ccc(F)cc2)[C@@H](c2ccc(-c3cccc([C@@H](O)[C@H]4OC[C@H](O)[C@@H](O)[C@@H]4O)c3)cc2O)N1c1ccccc1. The number of benzene rings is 4. The number of halogens is 1. The third kappa shape index (κ3) is 6.15. The predicted octanol–water partition coefficient (Wildman–Crippen LogP) is 3.93. The summed E-state index contributed by atoms with van der Waals surface area (Å²) in [6.07, 6.45) is -6.92. The van der Waals surface area contributed by atoms with E-state index in [1.165, 1.54) is 24.3 Å². The number of aromatic hydroxyl groups is 1. The van der Waals surface area contributed by atoms with Crippen molar-refractivity contribution in [3.05, 3.63) is 120 Å². The lowest BCUT2D eigenvalue weighted by Crippen LogP contribution is -2.55. The zero-order valence-electron chi connectivity index (χ0n) is 24.8. The van der Waals surface area contributed by atoms with Gasteiger partial charge in [0.15, 0.2) is 0 Å². The molecule has 2 aliphatic heterocycles. The molecule has 2 saturated heterocycles. The van der Waals surface area contributed by atoms with Crippen LogP contribution in [0.15, 0.2) is 97.1 Å². The van der Waals surface area contributed by atoms with Crippen LogP contribution in [0, 0.1) is 11.7 Å². The van der Waals surface area contributed by atoms with Crippen LogP contribution in [0.5, 0.6) is 5.75 Å². The van der Waals surface area contributed by atoms with E-state index >= 15 is 0 Å². The smallest absolute Gasteiger partial charge is 0.233 e. The molecule has 46 heavy (non-hydrogen) atoms. The summed E-state index contributed by atoms with van der Waals surface area (Å²) in [6.45, 7) is -0.231. The van der Waals surface area contributed by atoms with Crippen molar-refractivity contribution in [3.8, 4) is 16.9 Å². The monoisotopic (exact) mass is 629 g/mol. The summed E-state index contributed by atoms with van der Waals surface area (Å²) < 4.78 is 18.8. The van der Waals surface area contributed by atoms with Gasteiger partial charge in [-0.05, 0) is 71.5 Å². The lowest BCUT2D eigenvalue weighted by atomic mass is 9.77. The fourth-order valence-electron chi connectivity index (χ4n) is 6.42. The maximum atomic E-state index is 13.5. The van der Waals surface area contributed by atoms with E-state index in [1.807, 2.05) is 36.4 Å². The summed E-state index contributed by atoms with van der Waals surface area (Å²) >= 11 is 0. The average molecular weight is 630 g/mol. The van der Waals surface area contributed by atoms with Crippen LogP contribution < -0.4 is 4.90 Å². The molecule has 2 heterocycles. The number of β-lactam (4-membered cyclic amide) rings is 1. The lowest BCUT2D eigenvalue weighted by molar-refractivity contribution is -0.212. The number of phenols is 1. The largest absolute Gasteiger partial charge is 0.508 e. The normalized spacial score (nSPS) is 26.0. The fraction of sp³-hybridized carbons (Fsp3) is 0.306. The molecule has 0 radical (unpaired) electrons. The Bertz CT molecular complexity index is 1670. The van der Waals surface area contributed by atoms with Crippen LogP contribution in [0.3, 0.4) is 0 Å². The molecule has 4 aromatic carbocycles. The highest BCUT2D eigenvalue weighted by Gasteiger charge is 2.49. The Morgan fingerprint density at radius 2 is 1.54 bits per heavy atom. The number of anilines is 1. The van der Waals surface area contributed by atoms with Crippen LogP contribution in [0.2, 0.25) is 0 Å². The van der Waals surface area contributed by atoms with Gasteiger partial charge in [-0.3, -0.25) is 4.79 Å². The molecule has 240 valence electrons. The second-order valence-electron chi connectivity index (χ2n) is 11.9. The summed E-state index contributed by atoms with van der Waals surface area (Å²) in [6, 6.07) is 26.3. The van der Waals surface area contributed by atoms with E-state index < -0.39 is 54.4 Å². The number of aliphatic hydroxyl groups is 5. The number of hydrogen-bond acceptors (Lipinski definition) is 8. The molecule has 2 aliphatic rings. The highest BCUT2D eigenvalue weighted by Crippen LogP contribution is 2.49.